The summed E-state index contributed by atoms with van der Waals surface area (Å²) in [5.74, 6) is -0.0749. The van der Waals surface area contributed by atoms with Crippen LogP contribution >= 0.6 is 0 Å². The lowest BCUT2D eigenvalue weighted by Gasteiger charge is -2.19. The van der Waals surface area contributed by atoms with Crippen molar-refractivity contribution in [3.63, 3.8) is 0 Å². The highest BCUT2D eigenvalue weighted by molar-refractivity contribution is 5.76. The molecule has 1 amide bonds. The minimum atomic E-state index is -0.860. The lowest BCUT2D eigenvalue weighted by atomic mass is 10.0. The molecule has 0 radical (unpaired) electrons. The van der Waals surface area contributed by atoms with Crippen LogP contribution < -0.4 is 5.32 Å². The van der Waals surface area contributed by atoms with Crippen LogP contribution in [0, 0.1) is 0 Å². The number of aliphatic hydroxyl groups excluding tert-OH is 2. The Balaban J connectivity index is 3.43. The molecule has 4 nitrogen and oxygen atoms in total. The maximum absolute atomic E-state index is 12.4. The van der Waals surface area contributed by atoms with Gasteiger partial charge in [-0.05, 0) is 70.6 Å². The van der Waals surface area contributed by atoms with E-state index in [9.17, 15) is 15.0 Å². The predicted octanol–water partition coefficient (Wildman–Crippen LogP) is 16.1. The smallest absolute Gasteiger partial charge is 0.220 e. The molecule has 0 aromatic rings. The summed E-state index contributed by atoms with van der Waals surface area (Å²) in [5, 5.41) is 22.9. The fourth-order valence-corrected chi connectivity index (χ4v) is 7.38. The molecule has 0 rings (SSSR count). The Labute approximate surface area is 356 Å². The van der Waals surface area contributed by atoms with Crippen LogP contribution in [0.2, 0.25) is 0 Å². The van der Waals surface area contributed by atoms with E-state index in [1.54, 1.807) is 6.08 Å². The van der Waals surface area contributed by atoms with Crippen molar-refractivity contribution < 1.29 is 15.0 Å². The Morgan fingerprint density at radius 1 is 0.421 bits per heavy atom. The van der Waals surface area contributed by atoms with E-state index >= 15 is 0 Å². The summed E-state index contributed by atoms with van der Waals surface area (Å²) in [6.07, 6.45) is 68.0. The van der Waals surface area contributed by atoms with Gasteiger partial charge in [-0.25, -0.2) is 0 Å². The third-order valence-electron chi connectivity index (χ3n) is 11.2. The van der Waals surface area contributed by atoms with E-state index in [1.807, 2.05) is 6.08 Å². The average Bonchev–Trinajstić information content (AvgIpc) is 3.22. The van der Waals surface area contributed by atoms with E-state index in [-0.39, 0.29) is 12.5 Å². The molecule has 0 heterocycles. The number of hydrogen-bond acceptors (Lipinski definition) is 3. The molecule has 0 aliphatic heterocycles. The number of aliphatic hydroxyl groups is 2. The molecule has 0 fully saturated rings. The predicted molar refractivity (Wildman–Crippen MR) is 253 cm³/mol. The molecular formula is C53H97NO3. The van der Waals surface area contributed by atoms with Gasteiger partial charge in [-0.3, -0.25) is 4.79 Å². The van der Waals surface area contributed by atoms with Crippen LogP contribution in [0.4, 0.5) is 0 Å². The number of carbonyl (C=O) groups excluding carboxylic acids is 1. The van der Waals surface area contributed by atoms with E-state index in [1.165, 1.54) is 186 Å². The topological polar surface area (TPSA) is 69.6 Å². The van der Waals surface area contributed by atoms with Gasteiger partial charge < -0.3 is 15.5 Å². The highest BCUT2D eigenvalue weighted by Gasteiger charge is 2.17. The summed E-state index contributed by atoms with van der Waals surface area (Å²) < 4.78 is 0. The molecule has 0 aliphatic carbocycles. The molecule has 2 unspecified atom stereocenters. The van der Waals surface area contributed by atoms with Crippen LogP contribution in [0.25, 0.3) is 0 Å². The van der Waals surface area contributed by atoms with Crippen LogP contribution in [0.3, 0.4) is 0 Å². The van der Waals surface area contributed by atoms with E-state index in [0.717, 1.165) is 44.9 Å². The summed E-state index contributed by atoms with van der Waals surface area (Å²) in [5.41, 5.74) is 0. The molecule has 0 aliphatic rings. The molecule has 0 saturated carbocycles. The maximum atomic E-state index is 12.4. The molecule has 0 spiro atoms. The van der Waals surface area contributed by atoms with Crippen molar-refractivity contribution in [1.29, 1.82) is 0 Å². The lowest BCUT2D eigenvalue weighted by Crippen LogP contribution is -2.45. The molecule has 4 heteroatoms. The normalized spacial score (nSPS) is 13.4. The molecule has 3 N–H and O–H groups in total. The van der Waals surface area contributed by atoms with Crippen LogP contribution in [-0.2, 0) is 4.79 Å². The van der Waals surface area contributed by atoms with Gasteiger partial charge in [0, 0.05) is 6.42 Å². The van der Waals surface area contributed by atoms with Gasteiger partial charge >= 0.3 is 0 Å². The highest BCUT2D eigenvalue weighted by Crippen LogP contribution is 2.16. The third-order valence-corrected chi connectivity index (χ3v) is 11.2. The Hall–Kier alpha value is -1.91. The molecule has 0 bridgehead atoms. The number of rotatable bonds is 45. The fraction of sp³-hybridized carbons (Fsp3) is 0.792. The van der Waals surface area contributed by atoms with Crippen LogP contribution in [-0.4, -0.2) is 34.9 Å². The minimum Gasteiger partial charge on any atom is -0.394 e. The molecule has 0 aromatic carbocycles. The Morgan fingerprint density at radius 3 is 1.16 bits per heavy atom. The first-order chi connectivity index (χ1) is 28.2. The quantitative estimate of drug-likeness (QED) is 0.0425. The van der Waals surface area contributed by atoms with E-state index in [2.05, 4.69) is 67.8 Å². The maximum Gasteiger partial charge on any atom is 0.220 e. The lowest BCUT2D eigenvalue weighted by molar-refractivity contribution is -0.123. The zero-order valence-corrected chi connectivity index (χ0v) is 38.1. The van der Waals surface area contributed by atoms with Gasteiger partial charge in [0.2, 0.25) is 5.91 Å². The second-order valence-corrected chi connectivity index (χ2v) is 16.9. The van der Waals surface area contributed by atoms with Crippen molar-refractivity contribution in [2.45, 2.75) is 264 Å². The number of allylic oxidation sites excluding steroid dienone is 9. The van der Waals surface area contributed by atoms with Crippen molar-refractivity contribution in [1.82, 2.24) is 5.32 Å². The number of hydrogen-bond donors (Lipinski definition) is 3. The molecule has 2 atom stereocenters. The van der Waals surface area contributed by atoms with Crippen molar-refractivity contribution in [2.75, 3.05) is 6.61 Å². The average molecular weight is 796 g/mol. The Morgan fingerprint density at radius 2 is 0.737 bits per heavy atom. The van der Waals surface area contributed by atoms with Crippen LogP contribution in [0.15, 0.2) is 60.8 Å². The monoisotopic (exact) mass is 796 g/mol. The van der Waals surface area contributed by atoms with Gasteiger partial charge in [0.25, 0.3) is 0 Å². The highest BCUT2D eigenvalue weighted by atomic mass is 16.3. The standard InChI is InChI=1S/C53H97NO3/c1-3-5-7-9-11-13-15-16-17-18-19-20-21-22-23-24-25-26-27-28-29-30-31-32-33-34-35-36-37-38-39-41-43-45-47-49-53(57)54-51(50-55)52(56)48-46-44-42-40-14-12-10-8-6-4-2/h14-16,18-19,21-22,40,46,48,51-52,55-56H,3-13,17,20,23-39,41-45,47,49-50H2,1-2H3,(H,54,57)/b16-15-,19-18-,22-21-,40-14+,48-46+. The largest absolute Gasteiger partial charge is 0.394 e. The zero-order valence-electron chi connectivity index (χ0n) is 38.1. The van der Waals surface area contributed by atoms with Crippen molar-refractivity contribution in [3.05, 3.63) is 60.8 Å². The van der Waals surface area contributed by atoms with Gasteiger partial charge in [-0.1, -0.05) is 235 Å². The second kappa shape index (κ2) is 48.5. The molecule has 0 saturated heterocycles. The molecule has 0 aromatic heterocycles. The zero-order chi connectivity index (χ0) is 41.4. The summed E-state index contributed by atoms with van der Waals surface area (Å²) in [6.45, 7) is 4.25. The van der Waals surface area contributed by atoms with Crippen LogP contribution in [0.5, 0.6) is 0 Å². The first kappa shape index (κ1) is 55.1. The number of nitrogens with one attached hydrogen (secondary N) is 1. The fourth-order valence-electron chi connectivity index (χ4n) is 7.38. The van der Waals surface area contributed by atoms with E-state index in [4.69, 9.17) is 0 Å². The second-order valence-electron chi connectivity index (χ2n) is 16.9. The van der Waals surface area contributed by atoms with Gasteiger partial charge in [0.05, 0.1) is 18.8 Å². The van der Waals surface area contributed by atoms with E-state index < -0.39 is 12.1 Å². The molecule has 57 heavy (non-hydrogen) atoms. The van der Waals surface area contributed by atoms with Gasteiger partial charge in [0.1, 0.15) is 0 Å². The number of carbonyl (C=O) groups is 1. The van der Waals surface area contributed by atoms with Crippen molar-refractivity contribution in [3.8, 4) is 0 Å². The van der Waals surface area contributed by atoms with Crippen LogP contribution in [0.1, 0.15) is 251 Å². The summed E-state index contributed by atoms with van der Waals surface area (Å²) >= 11 is 0. The Bertz CT molecular complexity index is 950. The van der Waals surface area contributed by atoms with Gasteiger partial charge in [-0.2, -0.15) is 0 Å². The number of amides is 1. The molecular weight excluding hydrogens is 699 g/mol. The van der Waals surface area contributed by atoms with Gasteiger partial charge in [-0.15, -0.1) is 0 Å². The van der Waals surface area contributed by atoms with Crippen molar-refractivity contribution in [2.24, 2.45) is 0 Å². The number of unbranched alkanes of at least 4 members (excludes halogenated alkanes) is 30. The minimum absolute atomic E-state index is 0.0749. The Kier molecular flexibility index (Phi) is 46.8. The van der Waals surface area contributed by atoms with E-state index in [0.29, 0.717) is 6.42 Å². The summed E-state index contributed by atoms with van der Waals surface area (Å²) in [6, 6.07) is -0.637. The summed E-state index contributed by atoms with van der Waals surface area (Å²) in [7, 11) is 0. The first-order valence-corrected chi connectivity index (χ1v) is 25.0. The third kappa shape index (κ3) is 45.0. The molecule has 332 valence electrons. The SMILES string of the molecule is CCCCCC/C=C/CC/C=C/C(O)C(CO)NC(=O)CCCCCCCCCCCCCCCCCCCCCC/C=C\C/C=C\C/C=C\CCCCCCC. The van der Waals surface area contributed by atoms with Crippen molar-refractivity contribution >= 4 is 5.91 Å². The summed E-state index contributed by atoms with van der Waals surface area (Å²) in [4.78, 5) is 12.4. The van der Waals surface area contributed by atoms with Gasteiger partial charge in [0.15, 0.2) is 0 Å². The first-order valence-electron chi connectivity index (χ1n) is 25.0.